The molecular weight excluding hydrogens is 359 g/mol. The molecule has 0 bridgehead atoms. The highest BCUT2D eigenvalue weighted by molar-refractivity contribution is 6.35. The van der Waals surface area contributed by atoms with Gasteiger partial charge in [0.2, 0.25) is 0 Å². The van der Waals surface area contributed by atoms with Gasteiger partial charge in [-0.1, -0.05) is 29.3 Å². The van der Waals surface area contributed by atoms with E-state index in [-0.39, 0.29) is 5.91 Å². The number of nitrogens with zero attached hydrogens (tertiary/aromatic N) is 1. The monoisotopic (exact) mass is 376 g/mol. The third kappa shape index (κ3) is 4.09. The quantitative estimate of drug-likeness (QED) is 0.708. The number of halogens is 2. The maximum absolute atomic E-state index is 12.3. The van der Waals surface area contributed by atoms with Crippen molar-refractivity contribution < 1.29 is 9.53 Å². The van der Waals surface area contributed by atoms with Crippen molar-refractivity contribution in [3.05, 3.63) is 64.3 Å². The van der Waals surface area contributed by atoms with Gasteiger partial charge in [0.15, 0.2) is 6.10 Å². The first-order chi connectivity index (χ1) is 11.9. The van der Waals surface area contributed by atoms with E-state index in [2.05, 4.69) is 22.0 Å². The van der Waals surface area contributed by atoms with E-state index >= 15 is 0 Å². The second-order valence-corrected chi connectivity index (χ2v) is 6.72. The van der Waals surface area contributed by atoms with E-state index in [1.165, 1.54) is 0 Å². The predicted molar refractivity (Wildman–Crippen MR) is 101 cm³/mol. The first-order valence-electron chi connectivity index (χ1n) is 7.87. The first kappa shape index (κ1) is 17.6. The summed E-state index contributed by atoms with van der Waals surface area (Å²) >= 11 is 11.9. The molecule has 25 heavy (non-hydrogen) atoms. The van der Waals surface area contributed by atoms with Crippen molar-refractivity contribution in [3.63, 3.8) is 0 Å². The van der Waals surface area contributed by atoms with Crippen LogP contribution in [0.2, 0.25) is 10.0 Å². The van der Waals surface area contributed by atoms with E-state index in [4.69, 9.17) is 27.9 Å². The lowest BCUT2D eigenvalue weighted by atomic mass is 10.1. The Balaban J connectivity index is 1.60. The van der Waals surface area contributed by atoms with Crippen LogP contribution in [0.15, 0.2) is 48.7 Å². The second-order valence-electron chi connectivity index (χ2n) is 5.87. The summed E-state index contributed by atoms with van der Waals surface area (Å²) in [4.78, 5) is 12.3. The van der Waals surface area contributed by atoms with Gasteiger partial charge in [-0.25, -0.2) is 0 Å². The molecule has 2 aromatic carbocycles. The van der Waals surface area contributed by atoms with Gasteiger partial charge in [-0.05, 0) is 54.3 Å². The predicted octanol–water partition coefficient (Wildman–Crippen LogP) is 4.57. The summed E-state index contributed by atoms with van der Waals surface area (Å²) in [6, 6.07) is 13.1. The van der Waals surface area contributed by atoms with Crippen LogP contribution in [0.3, 0.4) is 0 Å². The number of benzene rings is 2. The van der Waals surface area contributed by atoms with Crippen molar-refractivity contribution in [2.75, 3.05) is 0 Å². The molecule has 130 valence electrons. The summed E-state index contributed by atoms with van der Waals surface area (Å²) in [7, 11) is 2.00. The highest BCUT2D eigenvalue weighted by Gasteiger charge is 2.16. The number of carbonyl (C=O) groups excluding carboxylic acids is 1. The zero-order valence-electron chi connectivity index (χ0n) is 13.9. The number of carbonyl (C=O) groups is 1. The topological polar surface area (TPSA) is 43.3 Å². The molecule has 1 atom stereocenters. The normalized spacial score (nSPS) is 12.2. The number of amides is 1. The molecule has 6 heteroatoms. The molecule has 0 aliphatic heterocycles. The second kappa shape index (κ2) is 7.38. The number of aromatic nitrogens is 1. The van der Waals surface area contributed by atoms with Crippen molar-refractivity contribution in [2.45, 2.75) is 19.6 Å². The van der Waals surface area contributed by atoms with Gasteiger partial charge in [0.05, 0.1) is 5.02 Å². The summed E-state index contributed by atoms with van der Waals surface area (Å²) in [6.07, 6.45) is 1.35. The molecule has 1 N–H and O–H groups in total. The SMILES string of the molecule is CC(Oc1ccc(Cl)cc1Cl)C(=O)NCc1ccc2c(ccn2C)c1. The molecule has 0 radical (unpaired) electrons. The van der Waals surface area contributed by atoms with Crippen LogP contribution in [0.5, 0.6) is 5.75 Å². The summed E-state index contributed by atoms with van der Waals surface area (Å²) in [6.45, 7) is 2.12. The molecule has 1 amide bonds. The number of nitrogens with one attached hydrogen (secondary N) is 1. The van der Waals surface area contributed by atoms with Crippen molar-refractivity contribution in [3.8, 4) is 5.75 Å². The average molecular weight is 377 g/mol. The van der Waals surface area contributed by atoms with Crippen molar-refractivity contribution in [1.29, 1.82) is 0 Å². The Hall–Kier alpha value is -2.17. The third-order valence-corrected chi connectivity index (χ3v) is 4.51. The van der Waals surface area contributed by atoms with Crippen LogP contribution in [0.4, 0.5) is 0 Å². The van der Waals surface area contributed by atoms with Crippen LogP contribution in [-0.2, 0) is 18.4 Å². The van der Waals surface area contributed by atoms with Crippen LogP contribution >= 0.6 is 23.2 Å². The van der Waals surface area contributed by atoms with Gasteiger partial charge in [0.1, 0.15) is 5.75 Å². The van der Waals surface area contributed by atoms with E-state index in [0.717, 1.165) is 16.5 Å². The van der Waals surface area contributed by atoms with Crippen LogP contribution < -0.4 is 10.1 Å². The van der Waals surface area contributed by atoms with Gasteiger partial charge in [0, 0.05) is 30.3 Å². The smallest absolute Gasteiger partial charge is 0.261 e. The van der Waals surface area contributed by atoms with Gasteiger partial charge in [-0.3, -0.25) is 4.79 Å². The number of rotatable bonds is 5. The summed E-state index contributed by atoms with van der Waals surface area (Å²) < 4.78 is 7.68. The maximum atomic E-state index is 12.3. The number of hydrogen-bond acceptors (Lipinski definition) is 2. The molecule has 0 spiro atoms. The fourth-order valence-electron chi connectivity index (χ4n) is 2.59. The van der Waals surface area contributed by atoms with Crippen LogP contribution in [0.1, 0.15) is 12.5 Å². The minimum atomic E-state index is -0.667. The molecule has 0 saturated heterocycles. The Kier molecular flexibility index (Phi) is 5.21. The molecule has 0 fully saturated rings. The molecule has 4 nitrogen and oxygen atoms in total. The molecular formula is C19H18Cl2N2O2. The number of ether oxygens (including phenoxy) is 1. The Bertz CT molecular complexity index is 921. The van der Waals surface area contributed by atoms with Gasteiger partial charge < -0.3 is 14.6 Å². The van der Waals surface area contributed by atoms with Crippen LogP contribution in [0, 0.1) is 0 Å². The average Bonchev–Trinajstić information content (AvgIpc) is 2.95. The van der Waals surface area contributed by atoms with Gasteiger partial charge in [-0.15, -0.1) is 0 Å². The zero-order chi connectivity index (χ0) is 18.0. The third-order valence-electron chi connectivity index (χ3n) is 3.98. The molecule has 0 aliphatic carbocycles. The molecule has 3 aromatic rings. The summed E-state index contributed by atoms with van der Waals surface area (Å²) in [5.74, 6) is 0.221. The highest BCUT2D eigenvalue weighted by atomic mass is 35.5. The lowest BCUT2D eigenvalue weighted by Gasteiger charge is -2.16. The molecule has 1 unspecified atom stereocenters. The number of aryl methyl sites for hydroxylation is 1. The Morgan fingerprint density at radius 2 is 2.00 bits per heavy atom. The Labute approximate surface area is 156 Å². The van der Waals surface area contributed by atoms with Gasteiger partial charge >= 0.3 is 0 Å². The fraction of sp³-hybridized carbons (Fsp3) is 0.211. The fourth-order valence-corrected chi connectivity index (χ4v) is 3.04. The molecule has 1 heterocycles. The molecule has 0 saturated carbocycles. The number of fused-ring (bicyclic) bond motifs is 1. The number of hydrogen-bond donors (Lipinski definition) is 1. The van der Waals surface area contributed by atoms with Gasteiger partial charge in [0.25, 0.3) is 5.91 Å². The largest absolute Gasteiger partial charge is 0.479 e. The summed E-state index contributed by atoms with van der Waals surface area (Å²) in [5.41, 5.74) is 2.19. The van der Waals surface area contributed by atoms with Crippen LogP contribution in [0.25, 0.3) is 10.9 Å². The van der Waals surface area contributed by atoms with E-state index in [0.29, 0.717) is 22.3 Å². The minimum absolute atomic E-state index is 0.209. The van der Waals surface area contributed by atoms with Crippen molar-refractivity contribution >= 4 is 40.0 Å². The van der Waals surface area contributed by atoms with E-state index in [9.17, 15) is 4.79 Å². The van der Waals surface area contributed by atoms with Crippen molar-refractivity contribution in [1.82, 2.24) is 9.88 Å². The lowest BCUT2D eigenvalue weighted by Crippen LogP contribution is -2.35. The first-order valence-corrected chi connectivity index (χ1v) is 8.63. The summed E-state index contributed by atoms with van der Waals surface area (Å²) in [5, 5.41) is 4.92. The standard InChI is InChI=1S/C19H18Cl2N2O2/c1-12(25-18-6-4-15(20)10-16(18)21)19(24)22-11-13-3-5-17-14(9-13)7-8-23(17)2/h3-10,12H,11H2,1-2H3,(H,22,24). The zero-order valence-corrected chi connectivity index (χ0v) is 15.4. The molecule has 3 rings (SSSR count). The van der Waals surface area contributed by atoms with E-state index in [1.807, 2.05) is 25.4 Å². The maximum Gasteiger partial charge on any atom is 0.261 e. The molecule has 1 aromatic heterocycles. The Morgan fingerprint density at radius 3 is 2.76 bits per heavy atom. The van der Waals surface area contributed by atoms with Gasteiger partial charge in [-0.2, -0.15) is 0 Å². The van der Waals surface area contributed by atoms with Crippen LogP contribution in [-0.4, -0.2) is 16.6 Å². The van der Waals surface area contributed by atoms with Crippen molar-refractivity contribution in [2.24, 2.45) is 7.05 Å². The van der Waals surface area contributed by atoms with E-state index in [1.54, 1.807) is 25.1 Å². The highest BCUT2D eigenvalue weighted by Crippen LogP contribution is 2.28. The lowest BCUT2D eigenvalue weighted by molar-refractivity contribution is -0.127. The Morgan fingerprint density at radius 1 is 1.20 bits per heavy atom. The minimum Gasteiger partial charge on any atom is -0.479 e. The molecule has 0 aliphatic rings. The van der Waals surface area contributed by atoms with E-state index < -0.39 is 6.10 Å².